The maximum Gasteiger partial charge on any atom is 0.114 e. The summed E-state index contributed by atoms with van der Waals surface area (Å²) in [6.45, 7) is 4.06. The topological polar surface area (TPSA) is 20.2 Å². The molecule has 1 heteroatoms. The Balaban J connectivity index is 3.39. The molecule has 0 aromatic heterocycles. The Labute approximate surface area is 62.8 Å². The molecule has 0 saturated carbocycles. The molecule has 0 saturated heterocycles. The quantitative estimate of drug-likeness (QED) is 0.465. The van der Waals surface area contributed by atoms with Crippen LogP contribution in [-0.4, -0.2) is 11.2 Å². The van der Waals surface area contributed by atoms with Crippen molar-refractivity contribution in [2.45, 2.75) is 32.8 Å². The molecule has 1 N–H and O–H groups in total. The predicted octanol–water partition coefficient (Wildman–Crippen LogP) is 1.73. The lowest BCUT2D eigenvalue weighted by Crippen LogP contribution is -2.00. The first-order valence-corrected chi connectivity index (χ1v) is 3.44. The van der Waals surface area contributed by atoms with E-state index in [2.05, 4.69) is 12.0 Å². The molecule has 1 nitrogen and oxygen atoms in total. The van der Waals surface area contributed by atoms with Crippen molar-refractivity contribution < 1.29 is 5.11 Å². The summed E-state index contributed by atoms with van der Waals surface area (Å²) in [5, 5.41) is 8.91. The number of aliphatic hydroxyl groups is 1. The molecule has 0 aliphatic heterocycles. The summed E-state index contributed by atoms with van der Waals surface area (Å²) >= 11 is 0. The van der Waals surface area contributed by atoms with E-state index in [1.807, 2.05) is 13.8 Å². The Hall–Kier alpha value is -0.740. The molecule has 10 heavy (non-hydrogen) atoms. The van der Waals surface area contributed by atoms with Crippen LogP contribution in [0.5, 0.6) is 0 Å². The number of hydrogen-bond donors (Lipinski definition) is 1. The monoisotopic (exact) mass is 138 g/mol. The van der Waals surface area contributed by atoms with Crippen molar-refractivity contribution >= 4 is 0 Å². The van der Waals surface area contributed by atoms with Crippen molar-refractivity contribution in [3.63, 3.8) is 0 Å². The fourth-order valence-electron chi connectivity index (χ4n) is 0.613. The highest BCUT2D eigenvalue weighted by Crippen LogP contribution is 1.99. The normalized spacial score (nSPS) is 11.8. The summed E-state index contributed by atoms with van der Waals surface area (Å²) in [7, 11) is 0. The Bertz CT molecular complexity index is 147. The molecule has 0 rings (SSSR count). The average Bonchev–Trinajstić information content (AvgIpc) is 1.87. The largest absolute Gasteiger partial charge is 0.380 e. The summed E-state index contributed by atoms with van der Waals surface area (Å²) in [6, 6.07) is 0. The van der Waals surface area contributed by atoms with Gasteiger partial charge in [0.25, 0.3) is 0 Å². The number of terminal acetylenes is 1. The number of aliphatic hydroxyl groups excluding tert-OH is 1. The maximum absolute atomic E-state index is 8.91. The zero-order chi connectivity index (χ0) is 7.98. The number of hydrogen-bond acceptors (Lipinski definition) is 1. The van der Waals surface area contributed by atoms with Gasteiger partial charge in [0.1, 0.15) is 6.10 Å². The van der Waals surface area contributed by atoms with Gasteiger partial charge in [-0.05, 0) is 26.7 Å². The van der Waals surface area contributed by atoms with Crippen LogP contribution in [-0.2, 0) is 0 Å². The fourth-order valence-corrected chi connectivity index (χ4v) is 0.613. The lowest BCUT2D eigenvalue weighted by Gasteiger charge is -1.98. The van der Waals surface area contributed by atoms with Gasteiger partial charge in [-0.3, -0.25) is 0 Å². The Morgan fingerprint density at radius 1 is 1.70 bits per heavy atom. The van der Waals surface area contributed by atoms with Gasteiger partial charge in [-0.15, -0.1) is 6.42 Å². The van der Waals surface area contributed by atoms with E-state index in [4.69, 9.17) is 11.5 Å². The standard InChI is InChI=1S/C9H14O/c1-4-9(10)7-5-6-8(2)3/h1,6,9-10H,5,7H2,2-3H3. The van der Waals surface area contributed by atoms with Crippen molar-refractivity contribution in [1.82, 2.24) is 0 Å². The highest BCUT2D eigenvalue weighted by atomic mass is 16.3. The second-order valence-corrected chi connectivity index (χ2v) is 2.54. The molecule has 1 atom stereocenters. The molecule has 1 unspecified atom stereocenters. The van der Waals surface area contributed by atoms with Crippen LogP contribution in [0.3, 0.4) is 0 Å². The van der Waals surface area contributed by atoms with Crippen molar-refractivity contribution in [2.75, 3.05) is 0 Å². The maximum atomic E-state index is 8.91. The van der Waals surface area contributed by atoms with Crippen molar-refractivity contribution in [3.05, 3.63) is 11.6 Å². The van der Waals surface area contributed by atoms with Crippen LogP contribution in [0.25, 0.3) is 0 Å². The lowest BCUT2D eigenvalue weighted by atomic mass is 10.1. The van der Waals surface area contributed by atoms with Crippen molar-refractivity contribution in [2.24, 2.45) is 0 Å². The SMILES string of the molecule is C#CC(O)CCC=C(C)C. The van der Waals surface area contributed by atoms with Crippen molar-refractivity contribution in [3.8, 4) is 12.3 Å². The van der Waals surface area contributed by atoms with Gasteiger partial charge in [-0.25, -0.2) is 0 Å². The van der Waals surface area contributed by atoms with Crippen LogP contribution in [0, 0.1) is 12.3 Å². The summed E-state index contributed by atoms with van der Waals surface area (Å²) in [5.74, 6) is 2.26. The van der Waals surface area contributed by atoms with Crippen molar-refractivity contribution in [1.29, 1.82) is 0 Å². The lowest BCUT2D eigenvalue weighted by molar-refractivity contribution is 0.223. The van der Waals surface area contributed by atoms with Gasteiger partial charge in [0.2, 0.25) is 0 Å². The minimum Gasteiger partial charge on any atom is -0.380 e. The number of rotatable bonds is 3. The molecule has 56 valence electrons. The highest BCUT2D eigenvalue weighted by molar-refractivity contribution is 4.97. The molecule has 0 fully saturated rings. The van der Waals surface area contributed by atoms with Gasteiger partial charge in [0.05, 0.1) is 0 Å². The summed E-state index contributed by atoms with van der Waals surface area (Å²) in [5.41, 5.74) is 1.27. The molecular weight excluding hydrogens is 124 g/mol. The molecule has 0 aliphatic carbocycles. The fraction of sp³-hybridized carbons (Fsp3) is 0.556. The minimum absolute atomic E-state index is 0.574. The summed E-state index contributed by atoms with van der Waals surface area (Å²) < 4.78 is 0. The van der Waals surface area contributed by atoms with Gasteiger partial charge in [0.15, 0.2) is 0 Å². The molecular formula is C9H14O. The van der Waals surface area contributed by atoms with E-state index < -0.39 is 6.10 Å². The van der Waals surface area contributed by atoms with Gasteiger partial charge in [0, 0.05) is 0 Å². The minimum atomic E-state index is -0.574. The van der Waals surface area contributed by atoms with E-state index in [0.717, 1.165) is 6.42 Å². The van der Waals surface area contributed by atoms with Crippen LogP contribution < -0.4 is 0 Å². The van der Waals surface area contributed by atoms with Crippen LogP contribution in [0.15, 0.2) is 11.6 Å². The molecule has 0 aromatic carbocycles. The van der Waals surface area contributed by atoms with Crippen LogP contribution in [0.4, 0.5) is 0 Å². The molecule has 0 radical (unpaired) electrons. The summed E-state index contributed by atoms with van der Waals surface area (Å²) in [4.78, 5) is 0. The second kappa shape index (κ2) is 5.08. The third kappa shape index (κ3) is 5.40. The molecule has 0 heterocycles. The third-order valence-electron chi connectivity index (χ3n) is 1.19. The molecule has 0 bridgehead atoms. The smallest absolute Gasteiger partial charge is 0.114 e. The van der Waals surface area contributed by atoms with Gasteiger partial charge in [-0.1, -0.05) is 17.6 Å². The van der Waals surface area contributed by atoms with E-state index in [0.29, 0.717) is 6.42 Å². The van der Waals surface area contributed by atoms with Gasteiger partial charge < -0.3 is 5.11 Å². The van der Waals surface area contributed by atoms with Crippen LogP contribution in [0.2, 0.25) is 0 Å². The van der Waals surface area contributed by atoms with Gasteiger partial charge in [-0.2, -0.15) is 0 Å². The Morgan fingerprint density at radius 3 is 2.70 bits per heavy atom. The molecule has 0 aliphatic rings. The second-order valence-electron chi connectivity index (χ2n) is 2.54. The first kappa shape index (κ1) is 9.26. The van der Waals surface area contributed by atoms with E-state index >= 15 is 0 Å². The summed E-state index contributed by atoms with van der Waals surface area (Å²) in [6.07, 6.45) is 8.00. The number of allylic oxidation sites excluding steroid dienone is 2. The zero-order valence-corrected chi connectivity index (χ0v) is 6.59. The van der Waals surface area contributed by atoms with E-state index in [1.54, 1.807) is 0 Å². The molecule has 0 spiro atoms. The Kier molecular flexibility index (Phi) is 4.70. The highest BCUT2D eigenvalue weighted by Gasteiger charge is 1.94. The average molecular weight is 138 g/mol. The van der Waals surface area contributed by atoms with E-state index in [1.165, 1.54) is 5.57 Å². The zero-order valence-electron chi connectivity index (χ0n) is 6.59. The third-order valence-corrected chi connectivity index (χ3v) is 1.19. The Morgan fingerprint density at radius 2 is 2.30 bits per heavy atom. The first-order valence-electron chi connectivity index (χ1n) is 3.44. The van der Waals surface area contributed by atoms with Gasteiger partial charge >= 0.3 is 0 Å². The first-order chi connectivity index (χ1) is 4.66. The van der Waals surface area contributed by atoms with Crippen LogP contribution in [0.1, 0.15) is 26.7 Å². The molecule has 0 aromatic rings. The predicted molar refractivity (Wildman–Crippen MR) is 43.5 cm³/mol. The van der Waals surface area contributed by atoms with E-state index in [9.17, 15) is 0 Å². The van der Waals surface area contributed by atoms with Crippen LogP contribution >= 0.6 is 0 Å². The molecule has 0 amide bonds. The van der Waals surface area contributed by atoms with E-state index in [-0.39, 0.29) is 0 Å².